The van der Waals surface area contributed by atoms with Crippen LogP contribution in [0, 0.1) is 17.5 Å². The summed E-state index contributed by atoms with van der Waals surface area (Å²) >= 11 is 3.24. The minimum atomic E-state index is -4.84. The van der Waals surface area contributed by atoms with Gasteiger partial charge in [0.15, 0.2) is 23.5 Å². The van der Waals surface area contributed by atoms with Crippen molar-refractivity contribution in [2.24, 2.45) is 0 Å². The molecule has 0 aliphatic carbocycles. The van der Waals surface area contributed by atoms with Crippen LogP contribution >= 0.6 is 15.9 Å². The van der Waals surface area contributed by atoms with Gasteiger partial charge in [-0.1, -0.05) is 13.8 Å². The Labute approximate surface area is 237 Å². The number of pyridine rings is 1. The van der Waals surface area contributed by atoms with Crippen molar-refractivity contribution >= 4 is 58.5 Å². The third kappa shape index (κ3) is 5.63. The standard InChI is InChI=1S/C24H26BrF3N4O6S2/c1-3-9-39(34,35)32(40(36,37)10-4-2)22-17(27)12-16(26)19(20(22)28)23(33)21-15-11-14(25)13-29-24(15)31(30-21)18-7-5-6-8-38-18/h11-13,18H,3-10H2,1-2H3. The molecule has 1 unspecified atom stereocenters. The number of aromatic nitrogens is 3. The first-order valence-electron chi connectivity index (χ1n) is 12.5. The number of ketones is 1. The van der Waals surface area contributed by atoms with Crippen molar-refractivity contribution in [2.75, 3.05) is 21.8 Å². The molecule has 0 bridgehead atoms. The zero-order valence-corrected chi connectivity index (χ0v) is 24.8. The molecule has 1 atom stereocenters. The van der Waals surface area contributed by atoms with E-state index in [-0.39, 0.29) is 33.7 Å². The number of benzene rings is 1. The number of ether oxygens (including phenoxy) is 1. The minimum Gasteiger partial charge on any atom is -0.356 e. The fourth-order valence-corrected chi connectivity index (χ4v) is 8.91. The highest BCUT2D eigenvalue weighted by molar-refractivity contribution is 9.10. The predicted octanol–water partition coefficient (Wildman–Crippen LogP) is 4.83. The van der Waals surface area contributed by atoms with Gasteiger partial charge in [0, 0.05) is 23.3 Å². The molecule has 1 saturated heterocycles. The van der Waals surface area contributed by atoms with Crippen LogP contribution in [0.3, 0.4) is 0 Å². The molecule has 1 aliphatic rings. The summed E-state index contributed by atoms with van der Waals surface area (Å²) in [6.45, 7) is 3.28. The van der Waals surface area contributed by atoms with Gasteiger partial charge in [-0.05, 0) is 54.1 Å². The van der Waals surface area contributed by atoms with E-state index in [4.69, 9.17) is 4.74 Å². The van der Waals surface area contributed by atoms with Gasteiger partial charge in [0.25, 0.3) is 0 Å². The Bertz CT molecular complexity index is 1640. The van der Waals surface area contributed by atoms with Gasteiger partial charge in [0.1, 0.15) is 17.2 Å². The van der Waals surface area contributed by atoms with Gasteiger partial charge in [-0.25, -0.2) is 39.7 Å². The molecule has 0 saturated carbocycles. The normalized spacial score (nSPS) is 16.4. The quantitative estimate of drug-likeness (QED) is 0.282. The summed E-state index contributed by atoms with van der Waals surface area (Å²) in [4.78, 5) is 17.9. The van der Waals surface area contributed by atoms with E-state index >= 15 is 13.2 Å². The van der Waals surface area contributed by atoms with Crippen molar-refractivity contribution in [1.82, 2.24) is 14.8 Å². The lowest BCUT2D eigenvalue weighted by molar-refractivity contribution is -0.0371. The molecule has 3 heterocycles. The molecular formula is C24H26BrF3N4O6S2. The summed E-state index contributed by atoms with van der Waals surface area (Å²) < 4.78 is 105. The molecule has 3 aromatic rings. The summed E-state index contributed by atoms with van der Waals surface area (Å²) in [6, 6.07) is 1.53. The van der Waals surface area contributed by atoms with Crippen LogP contribution in [0.5, 0.6) is 0 Å². The molecule has 0 amide bonds. The largest absolute Gasteiger partial charge is 0.356 e. The highest BCUT2D eigenvalue weighted by Gasteiger charge is 2.40. The van der Waals surface area contributed by atoms with Crippen LogP contribution in [0.2, 0.25) is 0 Å². The van der Waals surface area contributed by atoms with E-state index in [1.54, 1.807) is 0 Å². The van der Waals surface area contributed by atoms with Crippen LogP contribution in [0.4, 0.5) is 18.9 Å². The van der Waals surface area contributed by atoms with E-state index in [0.717, 1.165) is 12.8 Å². The number of sulfonamides is 2. The second-order valence-corrected chi connectivity index (χ2v) is 14.2. The van der Waals surface area contributed by atoms with Gasteiger partial charge in [-0.15, -0.1) is 0 Å². The fourth-order valence-electron chi connectivity index (χ4n) is 4.49. The molecular weight excluding hydrogens is 641 g/mol. The smallest absolute Gasteiger partial charge is 0.248 e. The fraction of sp³-hybridized carbons (Fsp3) is 0.458. The van der Waals surface area contributed by atoms with Crippen LogP contribution in [-0.2, 0) is 24.8 Å². The van der Waals surface area contributed by atoms with E-state index in [0.29, 0.717) is 17.5 Å². The molecule has 1 aromatic carbocycles. The molecule has 0 N–H and O–H groups in total. The van der Waals surface area contributed by atoms with Gasteiger partial charge in [-0.2, -0.15) is 8.81 Å². The monoisotopic (exact) mass is 666 g/mol. The van der Waals surface area contributed by atoms with Crippen molar-refractivity contribution in [3.8, 4) is 0 Å². The summed E-state index contributed by atoms with van der Waals surface area (Å²) in [6.07, 6.45) is 2.81. The minimum absolute atomic E-state index is 0.0781. The second-order valence-electron chi connectivity index (χ2n) is 9.18. The van der Waals surface area contributed by atoms with E-state index in [1.165, 1.54) is 30.8 Å². The Kier molecular flexibility index (Phi) is 8.92. The van der Waals surface area contributed by atoms with Crippen LogP contribution in [0.1, 0.15) is 68.2 Å². The molecule has 1 fully saturated rings. The number of hydrogen-bond donors (Lipinski definition) is 0. The van der Waals surface area contributed by atoms with Crippen LogP contribution in [0.25, 0.3) is 11.0 Å². The number of fused-ring (bicyclic) bond motifs is 1. The lowest BCUT2D eigenvalue weighted by Gasteiger charge is -2.25. The number of carbonyl (C=O) groups is 1. The summed E-state index contributed by atoms with van der Waals surface area (Å²) in [5, 5.41) is 4.34. The van der Waals surface area contributed by atoms with Gasteiger partial charge >= 0.3 is 0 Å². The van der Waals surface area contributed by atoms with Gasteiger partial charge in [0.05, 0.1) is 22.5 Å². The summed E-state index contributed by atoms with van der Waals surface area (Å²) in [5.74, 6) is -8.36. The van der Waals surface area contributed by atoms with Gasteiger partial charge < -0.3 is 4.74 Å². The lowest BCUT2D eigenvalue weighted by Crippen LogP contribution is -2.41. The van der Waals surface area contributed by atoms with Crippen molar-refractivity contribution in [1.29, 1.82) is 0 Å². The van der Waals surface area contributed by atoms with Crippen molar-refractivity contribution < 1.29 is 39.5 Å². The average Bonchev–Trinajstić information content (AvgIpc) is 3.25. The molecule has 2 aromatic heterocycles. The van der Waals surface area contributed by atoms with Crippen LogP contribution in [0.15, 0.2) is 22.8 Å². The first kappa shape index (κ1) is 30.4. The van der Waals surface area contributed by atoms with E-state index < -0.39 is 78.0 Å². The van der Waals surface area contributed by atoms with E-state index in [1.807, 2.05) is 0 Å². The molecule has 0 radical (unpaired) electrons. The summed E-state index contributed by atoms with van der Waals surface area (Å²) in [7, 11) is -9.68. The third-order valence-electron chi connectivity index (χ3n) is 6.14. The average molecular weight is 668 g/mol. The summed E-state index contributed by atoms with van der Waals surface area (Å²) in [5.41, 5.74) is -3.23. The van der Waals surface area contributed by atoms with Crippen molar-refractivity contribution in [2.45, 2.75) is 52.2 Å². The molecule has 0 spiro atoms. The third-order valence-corrected chi connectivity index (χ3v) is 11.2. The SMILES string of the molecule is CCCS(=O)(=O)N(c1c(F)cc(F)c(C(=O)c2nn(C3CCCCO3)c3ncc(Br)cc23)c1F)S(=O)(=O)CCC. The topological polar surface area (TPSA) is 129 Å². The van der Waals surface area contributed by atoms with Crippen LogP contribution < -0.4 is 3.71 Å². The zero-order chi connectivity index (χ0) is 29.4. The van der Waals surface area contributed by atoms with E-state index in [2.05, 4.69) is 26.0 Å². The Morgan fingerprint density at radius 1 is 1.07 bits per heavy atom. The second kappa shape index (κ2) is 11.7. The first-order valence-corrected chi connectivity index (χ1v) is 16.5. The number of anilines is 1. The maximum Gasteiger partial charge on any atom is 0.248 e. The lowest BCUT2D eigenvalue weighted by atomic mass is 10.0. The highest BCUT2D eigenvalue weighted by Crippen LogP contribution is 2.36. The molecule has 16 heteroatoms. The molecule has 4 rings (SSSR count). The van der Waals surface area contributed by atoms with Crippen LogP contribution in [-0.4, -0.2) is 55.5 Å². The highest BCUT2D eigenvalue weighted by atomic mass is 79.9. The number of nitrogens with zero attached hydrogens (tertiary/aromatic N) is 4. The number of halogens is 4. The Morgan fingerprint density at radius 3 is 2.30 bits per heavy atom. The Balaban J connectivity index is 1.96. The number of rotatable bonds is 10. The first-order chi connectivity index (χ1) is 18.8. The zero-order valence-electron chi connectivity index (χ0n) is 21.5. The van der Waals surface area contributed by atoms with Crippen molar-refractivity contribution in [3.05, 3.63) is 51.5 Å². The van der Waals surface area contributed by atoms with Gasteiger partial charge in [-0.3, -0.25) is 4.79 Å². The predicted molar refractivity (Wildman–Crippen MR) is 144 cm³/mol. The Hall–Kier alpha value is -2.56. The van der Waals surface area contributed by atoms with Crippen molar-refractivity contribution in [3.63, 3.8) is 0 Å². The molecule has 40 heavy (non-hydrogen) atoms. The number of hydrogen-bond acceptors (Lipinski definition) is 8. The maximum absolute atomic E-state index is 16.0. The van der Waals surface area contributed by atoms with Gasteiger partial charge in [0.2, 0.25) is 25.8 Å². The maximum atomic E-state index is 16.0. The number of carbonyl (C=O) groups excluding carboxylic acids is 1. The molecule has 218 valence electrons. The Morgan fingerprint density at radius 2 is 1.73 bits per heavy atom. The molecule has 1 aliphatic heterocycles. The molecule has 10 nitrogen and oxygen atoms in total. The van der Waals surface area contributed by atoms with E-state index in [9.17, 15) is 21.6 Å².